The van der Waals surface area contributed by atoms with Crippen molar-refractivity contribution in [1.29, 1.82) is 0 Å². The number of sulfonamides is 1. The number of nitrogens with zero attached hydrogens (tertiary/aromatic N) is 2. The van der Waals surface area contributed by atoms with Crippen LogP contribution in [0.4, 0.5) is 10.1 Å². The van der Waals surface area contributed by atoms with E-state index in [1.165, 1.54) is 58.5 Å². The number of nitrogens with one attached hydrogen (secondary N) is 1. The lowest BCUT2D eigenvalue weighted by molar-refractivity contribution is -0.139. The normalized spacial score (nSPS) is 11.9. The minimum absolute atomic E-state index is 0.0890. The Bertz CT molecular complexity index is 1110. The standard InChI is InChI=1S/C22H28FN3O6S/c1-15(22(28)24-2)25(13-16-8-6-7-9-18(16)23)21(27)14-26(33(5,29)30)19-12-17(31-3)10-11-20(19)32-4/h6-12,15H,13-14H2,1-5H3,(H,24,28)/t15-/m0/s1. The summed E-state index contributed by atoms with van der Waals surface area (Å²) >= 11 is 0. The average molecular weight is 482 g/mol. The lowest BCUT2D eigenvalue weighted by Gasteiger charge is -2.31. The molecular formula is C22H28FN3O6S. The summed E-state index contributed by atoms with van der Waals surface area (Å²) in [6, 6.07) is 9.39. The van der Waals surface area contributed by atoms with Gasteiger partial charge in [0.1, 0.15) is 29.9 Å². The van der Waals surface area contributed by atoms with Crippen LogP contribution >= 0.6 is 0 Å². The molecule has 0 saturated carbocycles. The summed E-state index contributed by atoms with van der Waals surface area (Å²) in [6.45, 7) is 0.611. The highest BCUT2D eigenvalue weighted by Crippen LogP contribution is 2.34. The summed E-state index contributed by atoms with van der Waals surface area (Å²) < 4.78 is 50.9. The fourth-order valence-electron chi connectivity index (χ4n) is 3.19. The fourth-order valence-corrected chi connectivity index (χ4v) is 4.03. The zero-order chi connectivity index (χ0) is 24.8. The minimum Gasteiger partial charge on any atom is -0.497 e. The minimum atomic E-state index is -3.96. The third kappa shape index (κ3) is 6.35. The van der Waals surface area contributed by atoms with Crippen molar-refractivity contribution < 1.29 is 31.9 Å². The Balaban J connectivity index is 2.49. The molecule has 0 radical (unpaired) electrons. The number of carbonyl (C=O) groups excluding carboxylic acids is 2. The van der Waals surface area contributed by atoms with Crippen LogP contribution < -0.4 is 19.1 Å². The molecule has 2 rings (SSSR count). The second kappa shape index (κ2) is 11.0. The van der Waals surface area contributed by atoms with Crippen LogP contribution in [-0.4, -0.2) is 65.2 Å². The molecule has 0 bridgehead atoms. The van der Waals surface area contributed by atoms with E-state index in [4.69, 9.17) is 9.47 Å². The van der Waals surface area contributed by atoms with Gasteiger partial charge in [-0.25, -0.2) is 12.8 Å². The third-order valence-corrected chi connectivity index (χ3v) is 6.17. The number of methoxy groups -OCH3 is 2. The van der Waals surface area contributed by atoms with Crippen LogP contribution in [0.3, 0.4) is 0 Å². The lowest BCUT2D eigenvalue weighted by atomic mass is 10.1. The van der Waals surface area contributed by atoms with Gasteiger partial charge in [-0.1, -0.05) is 18.2 Å². The van der Waals surface area contributed by atoms with Gasteiger partial charge in [-0.05, 0) is 25.1 Å². The first kappa shape index (κ1) is 25.9. The van der Waals surface area contributed by atoms with E-state index in [2.05, 4.69) is 5.32 Å². The Morgan fingerprint density at radius 2 is 1.79 bits per heavy atom. The molecule has 33 heavy (non-hydrogen) atoms. The number of amides is 2. The molecular weight excluding hydrogens is 453 g/mol. The topological polar surface area (TPSA) is 105 Å². The molecule has 1 N–H and O–H groups in total. The van der Waals surface area contributed by atoms with E-state index < -0.39 is 40.2 Å². The maximum atomic E-state index is 14.3. The van der Waals surface area contributed by atoms with Crippen LogP contribution in [0.15, 0.2) is 42.5 Å². The second-order valence-corrected chi connectivity index (χ2v) is 9.12. The molecule has 0 saturated heterocycles. The van der Waals surface area contributed by atoms with Crippen molar-refractivity contribution in [3.8, 4) is 11.5 Å². The predicted molar refractivity (Wildman–Crippen MR) is 122 cm³/mol. The summed E-state index contributed by atoms with van der Waals surface area (Å²) in [5.74, 6) is -1.18. The third-order valence-electron chi connectivity index (χ3n) is 5.05. The number of carbonyl (C=O) groups is 2. The molecule has 0 spiro atoms. The molecule has 2 amide bonds. The van der Waals surface area contributed by atoms with Gasteiger partial charge in [-0.15, -0.1) is 0 Å². The van der Waals surface area contributed by atoms with Crippen LogP contribution in [0.2, 0.25) is 0 Å². The van der Waals surface area contributed by atoms with Crippen molar-refractivity contribution in [2.75, 3.05) is 38.4 Å². The van der Waals surface area contributed by atoms with E-state index in [-0.39, 0.29) is 23.5 Å². The zero-order valence-electron chi connectivity index (χ0n) is 19.2. The highest BCUT2D eigenvalue weighted by molar-refractivity contribution is 7.92. The van der Waals surface area contributed by atoms with Crippen molar-refractivity contribution in [3.63, 3.8) is 0 Å². The first-order valence-electron chi connectivity index (χ1n) is 9.97. The Hall–Kier alpha value is -3.34. The monoisotopic (exact) mass is 481 g/mol. The molecule has 0 unspecified atom stereocenters. The molecule has 180 valence electrons. The van der Waals surface area contributed by atoms with Crippen molar-refractivity contribution in [2.45, 2.75) is 19.5 Å². The van der Waals surface area contributed by atoms with Crippen LogP contribution in [0.25, 0.3) is 0 Å². The van der Waals surface area contributed by atoms with Gasteiger partial charge in [-0.3, -0.25) is 13.9 Å². The van der Waals surface area contributed by atoms with E-state index in [0.29, 0.717) is 5.75 Å². The number of anilines is 1. The van der Waals surface area contributed by atoms with Crippen LogP contribution in [0.1, 0.15) is 12.5 Å². The van der Waals surface area contributed by atoms with E-state index in [0.717, 1.165) is 15.5 Å². The Kier molecular flexibility index (Phi) is 8.63. The average Bonchev–Trinajstić information content (AvgIpc) is 2.79. The van der Waals surface area contributed by atoms with Crippen LogP contribution in [0.5, 0.6) is 11.5 Å². The van der Waals surface area contributed by atoms with Crippen molar-refractivity contribution in [3.05, 3.63) is 53.8 Å². The van der Waals surface area contributed by atoms with Gasteiger partial charge in [0.05, 0.1) is 26.2 Å². The first-order valence-corrected chi connectivity index (χ1v) is 11.8. The van der Waals surface area contributed by atoms with Gasteiger partial charge in [-0.2, -0.15) is 0 Å². The first-order chi connectivity index (χ1) is 15.5. The van der Waals surface area contributed by atoms with Crippen LogP contribution in [0, 0.1) is 5.82 Å². The summed E-state index contributed by atoms with van der Waals surface area (Å²) in [5, 5.41) is 2.45. The Morgan fingerprint density at radius 3 is 2.33 bits per heavy atom. The maximum absolute atomic E-state index is 14.3. The molecule has 2 aromatic rings. The zero-order valence-corrected chi connectivity index (χ0v) is 20.0. The SMILES string of the molecule is CNC(=O)[C@H](C)N(Cc1ccccc1F)C(=O)CN(c1cc(OC)ccc1OC)S(C)(=O)=O. The van der Waals surface area contributed by atoms with Gasteiger partial charge >= 0.3 is 0 Å². The van der Waals surface area contributed by atoms with Crippen molar-refractivity contribution in [1.82, 2.24) is 10.2 Å². The van der Waals surface area contributed by atoms with E-state index in [1.807, 2.05) is 0 Å². The summed E-state index contributed by atoms with van der Waals surface area (Å²) in [5.41, 5.74) is 0.276. The number of rotatable bonds is 10. The second-order valence-electron chi connectivity index (χ2n) is 7.21. The Morgan fingerprint density at radius 1 is 1.12 bits per heavy atom. The van der Waals surface area contributed by atoms with Gasteiger partial charge in [0.15, 0.2) is 0 Å². The molecule has 0 aliphatic heterocycles. The smallest absolute Gasteiger partial charge is 0.244 e. The number of ether oxygens (including phenoxy) is 2. The molecule has 0 heterocycles. The molecule has 0 aromatic heterocycles. The number of likely N-dealkylation sites (N-methyl/N-ethyl adjacent to an activating group) is 1. The number of hydrogen-bond donors (Lipinski definition) is 1. The molecule has 11 heteroatoms. The molecule has 1 atom stereocenters. The Labute approximate surface area is 193 Å². The number of hydrogen-bond acceptors (Lipinski definition) is 6. The molecule has 0 aliphatic rings. The van der Waals surface area contributed by atoms with Gasteiger partial charge in [0.2, 0.25) is 21.8 Å². The van der Waals surface area contributed by atoms with E-state index in [1.54, 1.807) is 12.1 Å². The molecule has 2 aromatic carbocycles. The predicted octanol–water partition coefficient (Wildman–Crippen LogP) is 1.77. The highest BCUT2D eigenvalue weighted by Gasteiger charge is 2.31. The number of halogens is 1. The van der Waals surface area contributed by atoms with Crippen LogP contribution in [-0.2, 0) is 26.2 Å². The fraction of sp³-hybridized carbons (Fsp3) is 0.364. The largest absolute Gasteiger partial charge is 0.497 e. The maximum Gasteiger partial charge on any atom is 0.244 e. The van der Waals surface area contributed by atoms with E-state index >= 15 is 0 Å². The van der Waals surface area contributed by atoms with Gasteiger partial charge in [0.25, 0.3) is 0 Å². The van der Waals surface area contributed by atoms with Crippen molar-refractivity contribution in [2.24, 2.45) is 0 Å². The van der Waals surface area contributed by atoms with Gasteiger partial charge < -0.3 is 19.7 Å². The quantitative estimate of drug-likeness (QED) is 0.555. The summed E-state index contributed by atoms with van der Waals surface area (Å²) in [6.07, 6.45) is 0.947. The summed E-state index contributed by atoms with van der Waals surface area (Å²) in [7, 11) is 0.236. The molecule has 0 aliphatic carbocycles. The number of benzene rings is 2. The van der Waals surface area contributed by atoms with Crippen molar-refractivity contribution >= 4 is 27.5 Å². The van der Waals surface area contributed by atoms with E-state index in [9.17, 15) is 22.4 Å². The molecule has 0 fully saturated rings. The lowest BCUT2D eigenvalue weighted by Crippen LogP contribution is -2.50. The van der Waals surface area contributed by atoms with Gasteiger partial charge in [0, 0.05) is 25.2 Å². The molecule has 9 nitrogen and oxygen atoms in total. The summed E-state index contributed by atoms with van der Waals surface area (Å²) in [4.78, 5) is 26.8. The highest BCUT2D eigenvalue weighted by atomic mass is 32.2.